The van der Waals surface area contributed by atoms with E-state index in [-0.39, 0.29) is 16.9 Å². The highest BCUT2D eigenvalue weighted by Crippen LogP contribution is 2.26. The molecule has 0 amide bonds. The van der Waals surface area contributed by atoms with E-state index in [0.29, 0.717) is 0 Å². The number of para-hydroxylation sites is 1. The van der Waals surface area contributed by atoms with Crippen LogP contribution >= 0.6 is 0 Å². The van der Waals surface area contributed by atoms with E-state index in [2.05, 4.69) is 4.74 Å². The molecule has 0 fully saturated rings. The smallest absolute Gasteiger partial charge is 0.339 e. The van der Waals surface area contributed by atoms with E-state index in [1.807, 2.05) is 0 Å². The fourth-order valence-electron chi connectivity index (χ4n) is 1.33. The van der Waals surface area contributed by atoms with Crippen molar-refractivity contribution < 1.29 is 32.4 Å². The number of carbonyl (C=O) groups is 2. The summed E-state index contributed by atoms with van der Waals surface area (Å²) >= 11 is 0. The van der Waals surface area contributed by atoms with Crippen LogP contribution in [0.25, 0.3) is 0 Å². The molecule has 0 aliphatic heterocycles. The minimum atomic E-state index is -4.36. The van der Waals surface area contributed by atoms with Crippen molar-refractivity contribution in [3.8, 4) is 5.75 Å². The van der Waals surface area contributed by atoms with Crippen molar-refractivity contribution in [2.75, 3.05) is 0 Å². The Morgan fingerprint density at radius 3 is 2.39 bits per heavy atom. The molecule has 0 aliphatic rings. The van der Waals surface area contributed by atoms with E-state index in [4.69, 9.17) is 9.66 Å². The fourth-order valence-corrected chi connectivity index (χ4v) is 1.95. The van der Waals surface area contributed by atoms with Crippen LogP contribution in [0.3, 0.4) is 0 Å². The van der Waals surface area contributed by atoms with E-state index >= 15 is 0 Å². The van der Waals surface area contributed by atoms with Gasteiger partial charge in [0.25, 0.3) is 10.1 Å². The molecule has 0 saturated carbocycles. The van der Waals surface area contributed by atoms with Crippen molar-refractivity contribution >= 4 is 22.1 Å². The van der Waals surface area contributed by atoms with Crippen LogP contribution in [0.5, 0.6) is 5.75 Å². The van der Waals surface area contributed by atoms with Gasteiger partial charge in [0, 0.05) is 12.5 Å². The van der Waals surface area contributed by atoms with E-state index in [1.54, 1.807) is 0 Å². The molecule has 0 heterocycles. The molecule has 0 bridgehead atoms. The van der Waals surface area contributed by atoms with Gasteiger partial charge in [0.05, 0.1) is 0 Å². The fraction of sp³-hybridized carbons (Fsp3) is 0.200. The number of carboxylic acids is 1. The SMILES string of the molecule is CC(=O)Oc1c(CS(=O)(=O)O)cccc1C(=O)O. The number of hydrogen-bond donors (Lipinski definition) is 2. The Morgan fingerprint density at radius 1 is 1.33 bits per heavy atom. The third kappa shape index (κ3) is 3.82. The molecule has 1 rings (SSSR count). The maximum absolute atomic E-state index is 10.9. The Hall–Kier alpha value is -1.93. The van der Waals surface area contributed by atoms with Crippen molar-refractivity contribution in [3.63, 3.8) is 0 Å². The normalized spacial score (nSPS) is 11.0. The number of rotatable bonds is 4. The Morgan fingerprint density at radius 2 is 1.94 bits per heavy atom. The Bertz CT molecular complexity index is 588. The Balaban J connectivity index is 3.36. The number of hydrogen-bond acceptors (Lipinski definition) is 5. The highest BCUT2D eigenvalue weighted by Gasteiger charge is 2.20. The molecule has 8 heteroatoms. The summed E-state index contributed by atoms with van der Waals surface area (Å²) in [6.07, 6.45) is 0. The topological polar surface area (TPSA) is 118 Å². The van der Waals surface area contributed by atoms with Gasteiger partial charge in [-0.05, 0) is 6.07 Å². The average Bonchev–Trinajstić information content (AvgIpc) is 2.17. The third-order valence-corrected chi connectivity index (χ3v) is 2.59. The Labute approximate surface area is 103 Å². The second-order valence-electron chi connectivity index (χ2n) is 3.42. The van der Waals surface area contributed by atoms with Crippen LogP contribution in [0.1, 0.15) is 22.8 Å². The van der Waals surface area contributed by atoms with Crippen LogP contribution in [0.4, 0.5) is 0 Å². The quantitative estimate of drug-likeness (QED) is 0.471. The maximum Gasteiger partial charge on any atom is 0.339 e. The first-order chi connectivity index (χ1) is 8.20. The predicted molar refractivity (Wildman–Crippen MR) is 60.0 cm³/mol. The lowest BCUT2D eigenvalue weighted by molar-refractivity contribution is -0.131. The molecule has 0 aromatic heterocycles. The molecule has 18 heavy (non-hydrogen) atoms. The van der Waals surface area contributed by atoms with Gasteiger partial charge >= 0.3 is 11.9 Å². The second-order valence-corrected chi connectivity index (χ2v) is 4.87. The number of esters is 1. The first kappa shape index (κ1) is 14.1. The van der Waals surface area contributed by atoms with Crippen LogP contribution in [0.15, 0.2) is 18.2 Å². The molecular formula is C10H10O7S. The lowest BCUT2D eigenvalue weighted by Crippen LogP contribution is -2.12. The molecule has 0 saturated heterocycles. The van der Waals surface area contributed by atoms with Gasteiger partial charge in [-0.15, -0.1) is 0 Å². The van der Waals surface area contributed by atoms with E-state index in [0.717, 1.165) is 13.0 Å². The molecule has 0 spiro atoms. The summed E-state index contributed by atoms with van der Waals surface area (Å²) in [7, 11) is -4.36. The number of carboxylic acid groups (broad SMARTS) is 1. The molecule has 0 radical (unpaired) electrons. The van der Waals surface area contributed by atoms with E-state index < -0.39 is 27.8 Å². The van der Waals surface area contributed by atoms with Gasteiger partial charge in [0.1, 0.15) is 17.1 Å². The molecule has 1 aromatic carbocycles. The van der Waals surface area contributed by atoms with Gasteiger partial charge in [-0.3, -0.25) is 9.35 Å². The van der Waals surface area contributed by atoms with Crippen molar-refractivity contribution in [3.05, 3.63) is 29.3 Å². The summed E-state index contributed by atoms with van der Waals surface area (Å²) in [5, 5.41) is 8.90. The van der Waals surface area contributed by atoms with Crippen LogP contribution in [-0.2, 0) is 20.7 Å². The van der Waals surface area contributed by atoms with Crippen LogP contribution in [0.2, 0.25) is 0 Å². The molecule has 0 aliphatic carbocycles. The van der Waals surface area contributed by atoms with E-state index in [1.165, 1.54) is 12.1 Å². The summed E-state index contributed by atoms with van der Waals surface area (Å²) in [5.41, 5.74) is -0.459. The second kappa shape index (κ2) is 5.15. The van der Waals surface area contributed by atoms with Crippen LogP contribution in [-0.4, -0.2) is 30.0 Å². The number of benzene rings is 1. The summed E-state index contributed by atoms with van der Waals surface area (Å²) in [6.45, 7) is 1.05. The third-order valence-electron chi connectivity index (χ3n) is 1.91. The van der Waals surface area contributed by atoms with Crippen molar-refractivity contribution in [2.24, 2.45) is 0 Å². The average molecular weight is 274 g/mol. The molecule has 98 valence electrons. The number of aromatic carboxylic acids is 1. The summed E-state index contributed by atoms with van der Waals surface area (Å²) in [4.78, 5) is 21.8. The zero-order chi connectivity index (χ0) is 13.9. The highest BCUT2D eigenvalue weighted by atomic mass is 32.2. The summed E-state index contributed by atoms with van der Waals surface area (Å²) in [5.74, 6) is -3.38. The maximum atomic E-state index is 10.9. The lowest BCUT2D eigenvalue weighted by atomic mass is 10.1. The van der Waals surface area contributed by atoms with Gasteiger partial charge in [0.2, 0.25) is 0 Å². The summed E-state index contributed by atoms with van der Waals surface area (Å²) < 4.78 is 35.0. The summed E-state index contributed by atoms with van der Waals surface area (Å²) in [6, 6.07) is 3.70. The van der Waals surface area contributed by atoms with Crippen LogP contribution in [0, 0.1) is 0 Å². The first-order valence-corrected chi connectivity index (χ1v) is 6.30. The molecule has 0 unspecified atom stereocenters. The minimum absolute atomic E-state index is 0.104. The van der Waals surface area contributed by atoms with Gasteiger partial charge in [-0.1, -0.05) is 12.1 Å². The number of ether oxygens (including phenoxy) is 1. The van der Waals surface area contributed by atoms with Crippen molar-refractivity contribution in [2.45, 2.75) is 12.7 Å². The molecule has 2 N–H and O–H groups in total. The molecule has 1 aromatic rings. The minimum Gasteiger partial charge on any atom is -0.478 e. The van der Waals surface area contributed by atoms with Crippen molar-refractivity contribution in [1.29, 1.82) is 0 Å². The zero-order valence-corrected chi connectivity index (χ0v) is 10.1. The zero-order valence-electron chi connectivity index (χ0n) is 9.28. The van der Waals surface area contributed by atoms with E-state index in [9.17, 15) is 18.0 Å². The first-order valence-electron chi connectivity index (χ1n) is 4.69. The van der Waals surface area contributed by atoms with Gasteiger partial charge in [-0.2, -0.15) is 8.42 Å². The highest BCUT2D eigenvalue weighted by molar-refractivity contribution is 7.85. The lowest BCUT2D eigenvalue weighted by Gasteiger charge is -2.10. The van der Waals surface area contributed by atoms with Crippen LogP contribution < -0.4 is 4.74 Å². The number of carbonyl (C=O) groups excluding carboxylic acids is 1. The molecule has 0 atom stereocenters. The Kier molecular flexibility index (Phi) is 4.04. The van der Waals surface area contributed by atoms with Crippen molar-refractivity contribution in [1.82, 2.24) is 0 Å². The van der Waals surface area contributed by atoms with Gasteiger partial charge in [0.15, 0.2) is 0 Å². The molecular weight excluding hydrogens is 264 g/mol. The standard InChI is InChI=1S/C10H10O7S/c1-6(11)17-9-7(5-18(14,15)16)3-2-4-8(9)10(12)13/h2-4H,5H2,1H3,(H,12,13)(H,14,15,16). The predicted octanol–water partition coefficient (Wildman–Crippen LogP) is 0.698. The van der Waals surface area contributed by atoms with Gasteiger partial charge < -0.3 is 9.84 Å². The van der Waals surface area contributed by atoms with Gasteiger partial charge in [-0.25, -0.2) is 4.79 Å². The molecule has 7 nitrogen and oxygen atoms in total. The largest absolute Gasteiger partial charge is 0.478 e. The monoisotopic (exact) mass is 274 g/mol.